The standard InChI is InChI=1S/C26H32N4O4S3/c1-4-18-11-16(13-35-18)23-28-29-26(30(23)12-17-6-5-9-34-17)36-14-21(31)27-24-22(25(32)33-3)19-8-7-15(2)10-20(19)37-24/h11,13,15,17H,4-10,12,14H2,1-3H3,(H,27,31). The molecular formula is C26H32N4O4S3. The number of amides is 1. The third-order valence-corrected chi connectivity index (χ3v) is 10.1. The minimum atomic E-state index is -0.391. The van der Waals surface area contributed by atoms with E-state index in [1.165, 1.54) is 40.0 Å². The quantitative estimate of drug-likeness (QED) is 0.275. The number of hydrogen-bond donors (Lipinski definition) is 1. The number of thiophene rings is 2. The average molecular weight is 561 g/mol. The first-order valence-electron chi connectivity index (χ1n) is 12.7. The van der Waals surface area contributed by atoms with E-state index in [-0.39, 0.29) is 17.8 Å². The Morgan fingerprint density at radius 1 is 1.32 bits per heavy atom. The Morgan fingerprint density at radius 3 is 2.92 bits per heavy atom. The zero-order valence-corrected chi connectivity index (χ0v) is 23.8. The summed E-state index contributed by atoms with van der Waals surface area (Å²) in [5.74, 6) is 0.962. The maximum Gasteiger partial charge on any atom is 0.341 e. The van der Waals surface area contributed by atoms with Crippen molar-refractivity contribution in [1.29, 1.82) is 0 Å². The summed E-state index contributed by atoms with van der Waals surface area (Å²) in [5.41, 5.74) is 2.59. The van der Waals surface area contributed by atoms with Crippen LogP contribution in [-0.2, 0) is 40.1 Å². The molecule has 0 radical (unpaired) electrons. The summed E-state index contributed by atoms with van der Waals surface area (Å²) >= 11 is 4.58. The van der Waals surface area contributed by atoms with E-state index in [0.29, 0.717) is 28.2 Å². The maximum atomic E-state index is 13.0. The number of nitrogens with zero attached hydrogens (tertiary/aromatic N) is 3. The number of ether oxygens (including phenoxy) is 2. The van der Waals surface area contributed by atoms with E-state index < -0.39 is 5.97 Å². The molecule has 1 N–H and O–H groups in total. The zero-order chi connectivity index (χ0) is 25.9. The summed E-state index contributed by atoms with van der Waals surface area (Å²) in [6.45, 7) is 5.79. The van der Waals surface area contributed by atoms with Crippen LogP contribution < -0.4 is 5.32 Å². The fourth-order valence-corrected chi connectivity index (χ4v) is 7.87. The van der Waals surface area contributed by atoms with E-state index in [4.69, 9.17) is 9.47 Å². The van der Waals surface area contributed by atoms with Crippen molar-refractivity contribution < 1.29 is 19.1 Å². The van der Waals surface area contributed by atoms with Crippen LogP contribution in [0.1, 0.15) is 58.8 Å². The molecule has 8 nitrogen and oxygen atoms in total. The first kappa shape index (κ1) is 26.4. The Bertz CT molecular complexity index is 1270. The molecule has 4 heterocycles. The van der Waals surface area contributed by atoms with Crippen molar-refractivity contribution in [2.75, 3.05) is 24.8 Å². The number of carbonyl (C=O) groups excluding carboxylic acids is 2. The van der Waals surface area contributed by atoms with Gasteiger partial charge in [-0.3, -0.25) is 9.36 Å². The fraction of sp³-hybridized carbons (Fsp3) is 0.538. The van der Waals surface area contributed by atoms with Gasteiger partial charge in [0.1, 0.15) is 5.00 Å². The highest BCUT2D eigenvalue weighted by Gasteiger charge is 2.29. The molecule has 37 heavy (non-hydrogen) atoms. The summed E-state index contributed by atoms with van der Waals surface area (Å²) in [6.07, 6.45) is 5.94. The number of anilines is 1. The number of esters is 1. The van der Waals surface area contributed by atoms with E-state index in [9.17, 15) is 9.59 Å². The molecule has 2 atom stereocenters. The largest absolute Gasteiger partial charge is 0.465 e. The number of rotatable bonds is 9. The maximum absolute atomic E-state index is 13.0. The molecule has 0 bridgehead atoms. The number of aryl methyl sites for hydroxylation is 1. The Hall–Kier alpha value is -2.21. The molecule has 3 aromatic heterocycles. The number of methoxy groups -OCH3 is 1. The first-order valence-corrected chi connectivity index (χ1v) is 15.4. The second kappa shape index (κ2) is 11.7. The minimum absolute atomic E-state index is 0.120. The van der Waals surface area contributed by atoms with E-state index in [0.717, 1.165) is 62.1 Å². The number of hydrogen-bond acceptors (Lipinski definition) is 9. The monoisotopic (exact) mass is 560 g/mol. The number of nitrogens with one attached hydrogen (secondary N) is 1. The van der Waals surface area contributed by atoms with Gasteiger partial charge in [-0.25, -0.2) is 4.79 Å². The van der Waals surface area contributed by atoms with Gasteiger partial charge in [0.2, 0.25) is 5.91 Å². The van der Waals surface area contributed by atoms with Gasteiger partial charge < -0.3 is 14.8 Å². The molecule has 1 aliphatic heterocycles. The van der Waals surface area contributed by atoms with Crippen LogP contribution in [0.25, 0.3) is 11.4 Å². The lowest BCUT2D eigenvalue weighted by molar-refractivity contribution is -0.113. The summed E-state index contributed by atoms with van der Waals surface area (Å²) in [5, 5.41) is 15.3. The summed E-state index contributed by atoms with van der Waals surface area (Å²) in [6, 6.07) is 2.16. The molecule has 0 saturated carbocycles. The van der Waals surface area contributed by atoms with Crippen molar-refractivity contribution in [2.24, 2.45) is 5.92 Å². The van der Waals surface area contributed by atoms with E-state index in [1.807, 2.05) is 0 Å². The molecule has 0 aromatic carbocycles. The number of aromatic nitrogens is 3. The van der Waals surface area contributed by atoms with Crippen molar-refractivity contribution in [3.63, 3.8) is 0 Å². The van der Waals surface area contributed by atoms with Gasteiger partial charge in [0.15, 0.2) is 11.0 Å². The molecule has 1 fully saturated rings. The van der Waals surface area contributed by atoms with Crippen LogP contribution in [-0.4, -0.2) is 52.2 Å². The van der Waals surface area contributed by atoms with Crippen molar-refractivity contribution in [1.82, 2.24) is 14.8 Å². The normalized spacial score (nSPS) is 19.1. The summed E-state index contributed by atoms with van der Waals surface area (Å²) in [7, 11) is 1.38. The van der Waals surface area contributed by atoms with Crippen LogP contribution in [0.4, 0.5) is 5.00 Å². The van der Waals surface area contributed by atoms with Crippen LogP contribution in [0.15, 0.2) is 16.6 Å². The molecule has 5 rings (SSSR count). The van der Waals surface area contributed by atoms with E-state index >= 15 is 0 Å². The molecule has 11 heteroatoms. The van der Waals surface area contributed by atoms with Gasteiger partial charge in [0.25, 0.3) is 0 Å². The Morgan fingerprint density at radius 2 is 2.19 bits per heavy atom. The lowest BCUT2D eigenvalue weighted by atomic mass is 9.88. The third-order valence-electron chi connectivity index (χ3n) is 6.87. The van der Waals surface area contributed by atoms with Crippen LogP contribution in [0.2, 0.25) is 0 Å². The highest BCUT2D eigenvalue weighted by Crippen LogP contribution is 2.40. The number of carbonyl (C=O) groups is 2. The van der Waals surface area contributed by atoms with Gasteiger partial charge in [0.05, 0.1) is 31.1 Å². The highest BCUT2D eigenvalue weighted by molar-refractivity contribution is 7.99. The number of fused-ring (bicyclic) bond motifs is 1. The van der Waals surface area contributed by atoms with Crippen molar-refractivity contribution in [2.45, 2.75) is 70.2 Å². The predicted molar refractivity (Wildman–Crippen MR) is 148 cm³/mol. The van der Waals surface area contributed by atoms with E-state index in [1.54, 1.807) is 11.3 Å². The molecule has 0 spiro atoms. The van der Waals surface area contributed by atoms with Crippen molar-refractivity contribution in [3.05, 3.63) is 32.3 Å². The SMILES string of the molecule is CCc1cc(-c2nnc(SCC(=O)Nc3sc4c(c3C(=O)OC)CCC(C)C4)n2CC2CCCO2)cs1. The van der Waals surface area contributed by atoms with Crippen LogP contribution in [0.5, 0.6) is 0 Å². The van der Waals surface area contributed by atoms with Gasteiger partial charge in [0, 0.05) is 27.3 Å². The predicted octanol–water partition coefficient (Wildman–Crippen LogP) is 5.45. The smallest absolute Gasteiger partial charge is 0.341 e. The van der Waals surface area contributed by atoms with Gasteiger partial charge >= 0.3 is 5.97 Å². The van der Waals surface area contributed by atoms with Gasteiger partial charge in [-0.2, -0.15) is 0 Å². The second-order valence-electron chi connectivity index (χ2n) is 9.59. The third kappa shape index (κ3) is 5.79. The summed E-state index contributed by atoms with van der Waals surface area (Å²) < 4.78 is 13.0. The zero-order valence-electron chi connectivity index (χ0n) is 21.4. The average Bonchev–Trinajstić information content (AvgIpc) is 3.69. The van der Waals surface area contributed by atoms with Gasteiger partial charge in [-0.05, 0) is 56.1 Å². The van der Waals surface area contributed by atoms with Gasteiger partial charge in [-0.1, -0.05) is 25.6 Å². The van der Waals surface area contributed by atoms with Crippen LogP contribution >= 0.6 is 34.4 Å². The lowest BCUT2D eigenvalue weighted by Gasteiger charge is -2.18. The molecule has 3 aromatic rings. The molecule has 1 saturated heterocycles. The van der Waals surface area contributed by atoms with Crippen molar-refractivity contribution >= 4 is 51.3 Å². The van der Waals surface area contributed by atoms with E-state index in [2.05, 4.69) is 45.4 Å². The van der Waals surface area contributed by atoms with Crippen molar-refractivity contribution in [3.8, 4) is 11.4 Å². The Balaban J connectivity index is 1.33. The Labute approximate surface area is 229 Å². The highest BCUT2D eigenvalue weighted by atomic mass is 32.2. The van der Waals surface area contributed by atoms with Crippen LogP contribution in [0.3, 0.4) is 0 Å². The topological polar surface area (TPSA) is 95.3 Å². The second-order valence-corrected chi connectivity index (χ2v) is 12.6. The molecular weight excluding hydrogens is 529 g/mol. The summed E-state index contributed by atoms with van der Waals surface area (Å²) in [4.78, 5) is 28.1. The first-order chi connectivity index (χ1) is 18.0. The molecule has 2 unspecified atom stereocenters. The number of thioether (sulfide) groups is 1. The lowest BCUT2D eigenvalue weighted by Crippen LogP contribution is -2.19. The van der Waals surface area contributed by atoms with Crippen LogP contribution in [0, 0.1) is 5.92 Å². The fourth-order valence-electron chi connectivity index (χ4n) is 4.90. The molecule has 198 valence electrons. The molecule has 2 aliphatic rings. The molecule has 1 amide bonds. The Kier molecular flexibility index (Phi) is 8.33. The molecule has 1 aliphatic carbocycles. The van der Waals surface area contributed by atoms with Gasteiger partial charge in [-0.15, -0.1) is 32.9 Å². The minimum Gasteiger partial charge on any atom is -0.465 e.